The van der Waals surface area contributed by atoms with Crippen LogP contribution in [-0.4, -0.2) is 40.3 Å². The Hall–Kier alpha value is -1.07. The minimum atomic E-state index is -1.30. The van der Waals surface area contributed by atoms with E-state index in [0.29, 0.717) is 0 Å². The van der Waals surface area contributed by atoms with E-state index in [9.17, 15) is 14.4 Å². The summed E-state index contributed by atoms with van der Waals surface area (Å²) in [6, 6.07) is 0. The van der Waals surface area contributed by atoms with Gasteiger partial charge < -0.3 is 10.2 Å². The number of carbonyl (C=O) groups excluding carboxylic acids is 3. The summed E-state index contributed by atoms with van der Waals surface area (Å²) < 4.78 is 0. The lowest BCUT2D eigenvalue weighted by Gasteiger charge is -2.10. The third-order valence-corrected chi connectivity index (χ3v) is 1.87. The first-order chi connectivity index (χ1) is 5.57. The molecular weight excluding hydrogens is 164 g/mol. The fraction of sp³-hybridized carbons (Fsp3) is 0.571. The third-order valence-electron chi connectivity index (χ3n) is 1.87. The number of Topliss-reactive ketones (excluding diaryl/α,β-unsaturated/α-hetero) is 3. The highest BCUT2D eigenvalue weighted by Crippen LogP contribution is 2.19. The van der Waals surface area contributed by atoms with Gasteiger partial charge in [0.15, 0.2) is 0 Å². The lowest BCUT2D eigenvalue weighted by atomic mass is 10.0. The van der Waals surface area contributed by atoms with Crippen molar-refractivity contribution >= 4 is 17.3 Å². The first kappa shape index (κ1) is 9.02. The largest absolute Gasteiger partial charge is 0.394 e. The van der Waals surface area contributed by atoms with Crippen molar-refractivity contribution in [2.75, 3.05) is 6.61 Å². The third kappa shape index (κ3) is 1.28. The Balaban J connectivity index is 2.78. The van der Waals surface area contributed by atoms with Crippen LogP contribution >= 0.6 is 0 Å². The SMILES string of the molecule is O=C1C[C@H]([C@@H](O)CO)C(=O)C1=O. The number of ketones is 3. The zero-order valence-electron chi connectivity index (χ0n) is 6.19. The van der Waals surface area contributed by atoms with Gasteiger partial charge in [0.1, 0.15) is 0 Å². The van der Waals surface area contributed by atoms with Crippen molar-refractivity contribution in [2.45, 2.75) is 12.5 Å². The Morgan fingerprint density at radius 3 is 2.33 bits per heavy atom. The van der Waals surface area contributed by atoms with Crippen molar-refractivity contribution in [3.63, 3.8) is 0 Å². The maximum absolute atomic E-state index is 10.9. The molecule has 66 valence electrons. The standard InChI is InChI=1S/C7H8O5/c8-2-5(10)3-1-4(9)7(12)6(3)11/h3,5,8,10H,1-2H2/t3-,5+/m1/s1. The van der Waals surface area contributed by atoms with Crippen molar-refractivity contribution in [1.29, 1.82) is 0 Å². The van der Waals surface area contributed by atoms with Crippen LogP contribution in [-0.2, 0) is 14.4 Å². The summed E-state index contributed by atoms with van der Waals surface area (Å²) in [5.74, 6) is -3.76. The summed E-state index contributed by atoms with van der Waals surface area (Å²) in [6.07, 6.45) is -1.58. The van der Waals surface area contributed by atoms with E-state index in [-0.39, 0.29) is 6.42 Å². The van der Waals surface area contributed by atoms with Crippen LogP contribution in [0.5, 0.6) is 0 Å². The van der Waals surface area contributed by atoms with E-state index in [1.165, 1.54) is 0 Å². The molecule has 2 N–H and O–H groups in total. The van der Waals surface area contributed by atoms with Gasteiger partial charge in [0.2, 0.25) is 11.6 Å². The molecule has 1 fully saturated rings. The van der Waals surface area contributed by atoms with Gasteiger partial charge in [0.05, 0.1) is 18.6 Å². The van der Waals surface area contributed by atoms with Crippen LogP contribution in [0.3, 0.4) is 0 Å². The Kier molecular flexibility index (Phi) is 2.35. The minimum absolute atomic E-state index is 0.278. The van der Waals surface area contributed by atoms with Gasteiger partial charge in [-0.3, -0.25) is 14.4 Å². The fourth-order valence-corrected chi connectivity index (χ4v) is 1.13. The molecule has 5 nitrogen and oxygen atoms in total. The van der Waals surface area contributed by atoms with Crippen molar-refractivity contribution < 1.29 is 24.6 Å². The molecule has 0 aliphatic heterocycles. The molecule has 0 amide bonds. The number of hydrogen-bond donors (Lipinski definition) is 2. The Morgan fingerprint density at radius 1 is 1.42 bits per heavy atom. The molecule has 1 aliphatic carbocycles. The maximum Gasteiger partial charge on any atom is 0.264 e. The highest BCUT2D eigenvalue weighted by Gasteiger charge is 2.43. The molecule has 0 heterocycles. The van der Waals surface area contributed by atoms with Crippen LogP contribution in [0.2, 0.25) is 0 Å². The first-order valence-corrected chi connectivity index (χ1v) is 3.48. The number of aliphatic hydroxyl groups excluding tert-OH is 2. The predicted molar refractivity (Wildman–Crippen MR) is 36.2 cm³/mol. The van der Waals surface area contributed by atoms with Crippen LogP contribution < -0.4 is 0 Å². The average Bonchev–Trinajstić information content (AvgIpc) is 2.32. The monoisotopic (exact) mass is 172 g/mol. The summed E-state index contributed by atoms with van der Waals surface area (Å²) in [6.45, 7) is -0.614. The van der Waals surface area contributed by atoms with E-state index in [2.05, 4.69) is 0 Å². The number of hydrogen-bond acceptors (Lipinski definition) is 5. The van der Waals surface area contributed by atoms with Gasteiger partial charge in [0, 0.05) is 6.42 Å². The molecular formula is C7H8O5. The van der Waals surface area contributed by atoms with Gasteiger partial charge in [-0.25, -0.2) is 0 Å². The number of carbonyl (C=O) groups is 3. The van der Waals surface area contributed by atoms with Crippen molar-refractivity contribution in [3.05, 3.63) is 0 Å². The van der Waals surface area contributed by atoms with Gasteiger partial charge in [-0.2, -0.15) is 0 Å². The molecule has 0 saturated heterocycles. The van der Waals surface area contributed by atoms with E-state index >= 15 is 0 Å². The van der Waals surface area contributed by atoms with Crippen molar-refractivity contribution in [2.24, 2.45) is 5.92 Å². The van der Waals surface area contributed by atoms with Crippen molar-refractivity contribution in [3.8, 4) is 0 Å². The topological polar surface area (TPSA) is 91.7 Å². The quantitative estimate of drug-likeness (QED) is 0.473. The van der Waals surface area contributed by atoms with E-state index in [1.807, 2.05) is 0 Å². The molecule has 1 aliphatic rings. The summed E-state index contributed by atoms with van der Waals surface area (Å²) in [5, 5.41) is 17.4. The first-order valence-electron chi connectivity index (χ1n) is 3.48. The second-order valence-corrected chi connectivity index (χ2v) is 2.68. The van der Waals surface area contributed by atoms with Gasteiger partial charge in [-0.1, -0.05) is 0 Å². The summed E-state index contributed by atoms with van der Waals surface area (Å²) in [4.78, 5) is 32.2. The minimum Gasteiger partial charge on any atom is -0.394 e. The van der Waals surface area contributed by atoms with E-state index < -0.39 is 36.0 Å². The molecule has 0 bridgehead atoms. The number of aliphatic hydroxyl groups is 2. The van der Waals surface area contributed by atoms with Crippen LogP contribution in [0, 0.1) is 5.92 Å². The molecule has 2 atom stereocenters. The van der Waals surface area contributed by atoms with Crippen LogP contribution in [0.25, 0.3) is 0 Å². The molecule has 0 radical (unpaired) electrons. The zero-order chi connectivity index (χ0) is 9.30. The Morgan fingerprint density at radius 2 is 2.00 bits per heavy atom. The van der Waals surface area contributed by atoms with Crippen LogP contribution in [0.1, 0.15) is 6.42 Å². The number of rotatable bonds is 2. The second-order valence-electron chi connectivity index (χ2n) is 2.68. The molecule has 0 aromatic heterocycles. The smallest absolute Gasteiger partial charge is 0.264 e. The van der Waals surface area contributed by atoms with Crippen LogP contribution in [0.4, 0.5) is 0 Å². The van der Waals surface area contributed by atoms with E-state index in [0.717, 1.165) is 0 Å². The second kappa shape index (κ2) is 3.12. The van der Waals surface area contributed by atoms with Gasteiger partial charge in [0.25, 0.3) is 5.78 Å². The predicted octanol–water partition coefficient (Wildman–Crippen LogP) is -1.93. The fourth-order valence-electron chi connectivity index (χ4n) is 1.13. The summed E-state index contributed by atoms with van der Waals surface area (Å²) >= 11 is 0. The molecule has 0 unspecified atom stereocenters. The lowest BCUT2D eigenvalue weighted by Crippen LogP contribution is -2.29. The van der Waals surface area contributed by atoms with Crippen LogP contribution in [0.15, 0.2) is 0 Å². The summed E-state index contributed by atoms with van der Waals surface area (Å²) in [7, 11) is 0. The zero-order valence-corrected chi connectivity index (χ0v) is 6.19. The summed E-state index contributed by atoms with van der Waals surface area (Å²) in [5.41, 5.74) is 0. The molecule has 0 spiro atoms. The highest BCUT2D eigenvalue weighted by atomic mass is 16.3. The van der Waals surface area contributed by atoms with Gasteiger partial charge in [-0.05, 0) is 0 Å². The molecule has 0 aromatic rings. The van der Waals surface area contributed by atoms with E-state index in [1.54, 1.807) is 0 Å². The molecule has 1 rings (SSSR count). The molecule has 5 heteroatoms. The van der Waals surface area contributed by atoms with Crippen molar-refractivity contribution in [1.82, 2.24) is 0 Å². The highest BCUT2D eigenvalue weighted by molar-refractivity contribution is 6.67. The van der Waals surface area contributed by atoms with E-state index in [4.69, 9.17) is 10.2 Å². The normalized spacial score (nSPS) is 26.5. The lowest BCUT2D eigenvalue weighted by molar-refractivity contribution is -0.141. The van der Waals surface area contributed by atoms with Gasteiger partial charge >= 0.3 is 0 Å². The maximum atomic E-state index is 10.9. The molecule has 12 heavy (non-hydrogen) atoms. The Labute approximate surface area is 68.0 Å². The average molecular weight is 172 g/mol. The molecule has 0 aromatic carbocycles. The Bertz CT molecular complexity index is 244. The molecule has 1 saturated carbocycles. The van der Waals surface area contributed by atoms with Gasteiger partial charge in [-0.15, -0.1) is 0 Å².